The highest BCUT2D eigenvalue weighted by Gasteiger charge is 2.27. The third-order valence-corrected chi connectivity index (χ3v) is 11.6. The average molecular weight is 697 g/mol. The number of hydrogen-bond donors (Lipinski definition) is 0. The smallest absolute Gasteiger partial charge is 0.0146 e. The molecule has 0 nitrogen and oxygen atoms in total. The van der Waals surface area contributed by atoms with Gasteiger partial charge in [-0.2, -0.15) is 0 Å². The Kier molecular flexibility index (Phi) is 22.7. The largest absolute Gasteiger partial charge is 0.100 e. The predicted octanol–water partition coefficient (Wildman–Crippen LogP) is 16.4. The first kappa shape index (κ1) is 46.7. The van der Waals surface area contributed by atoms with Crippen molar-refractivity contribution in [1.29, 1.82) is 0 Å². The number of aryl methyl sites for hydroxylation is 1. The summed E-state index contributed by atoms with van der Waals surface area (Å²) in [7, 11) is 0. The summed E-state index contributed by atoms with van der Waals surface area (Å²) in [6.07, 6.45) is 15.8. The molecule has 1 rings (SSSR count). The summed E-state index contributed by atoms with van der Waals surface area (Å²) < 4.78 is 0. The summed E-state index contributed by atoms with van der Waals surface area (Å²) in [5, 5.41) is 0. The van der Waals surface area contributed by atoms with Crippen LogP contribution in [0, 0.1) is 53.3 Å². The molecule has 0 N–H and O–H groups in total. The van der Waals surface area contributed by atoms with Crippen LogP contribution in [-0.2, 0) is 6.42 Å². The molecular weight excluding hydrogens is 613 g/mol. The summed E-state index contributed by atoms with van der Waals surface area (Å²) in [5.74, 6) is 5.10. The molecular formula is C51H84. The zero-order valence-corrected chi connectivity index (χ0v) is 35.7. The van der Waals surface area contributed by atoms with Crippen LogP contribution < -0.4 is 0 Å². The van der Waals surface area contributed by atoms with Gasteiger partial charge in [-0.15, -0.1) is 6.58 Å². The van der Waals surface area contributed by atoms with Crippen LogP contribution in [0.4, 0.5) is 0 Å². The third-order valence-electron chi connectivity index (χ3n) is 11.6. The molecule has 0 amide bonds. The summed E-state index contributed by atoms with van der Waals surface area (Å²) >= 11 is 0. The fourth-order valence-corrected chi connectivity index (χ4v) is 8.27. The minimum atomic E-state index is 0.493. The van der Waals surface area contributed by atoms with Gasteiger partial charge in [-0.3, -0.25) is 0 Å². The normalized spacial score (nSPS) is 15.3. The minimum absolute atomic E-state index is 0.493. The van der Waals surface area contributed by atoms with Gasteiger partial charge in [0.2, 0.25) is 0 Å². The van der Waals surface area contributed by atoms with Crippen molar-refractivity contribution >= 4 is 0 Å². The van der Waals surface area contributed by atoms with E-state index in [0.29, 0.717) is 53.3 Å². The molecule has 0 aliphatic rings. The summed E-state index contributed by atoms with van der Waals surface area (Å²) in [5.41, 5.74) is 9.75. The Labute approximate surface area is 320 Å². The topological polar surface area (TPSA) is 0 Å². The second-order valence-corrected chi connectivity index (χ2v) is 18.2. The molecule has 0 aliphatic heterocycles. The Hall–Kier alpha value is -2.34. The lowest BCUT2D eigenvalue weighted by atomic mass is 9.73. The van der Waals surface area contributed by atoms with E-state index < -0.39 is 0 Å². The van der Waals surface area contributed by atoms with Gasteiger partial charge < -0.3 is 0 Å². The standard InChI is InChI=1S/C51H84/c1-17-22-48(34-46(16)49(29-37(4)5)33-43(13)41(11)28-27-36(2)3)45(15)35-50(30-38(6)7)44(14)31-40(10)32-51(39(8)9)42(12)23-21-26-47-24-19-18-20-25-47/h18-20,24-25,37-39,41,44,48-51H,2,10,12-13,15-17,21-23,26-35H2,1,3-9,11,14H3/t41-,44-,48+,49+,50+,51-/m0/s1. The predicted molar refractivity (Wildman–Crippen MR) is 233 cm³/mol. The van der Waals surface area contributed by atoms with Crippen molar-refractivity contribution in [1.82, 2.24) is 0 Å². The van der Waals surface area contributed by atoms with E-state index in [1.54, 1.807) is 0 Å². The van der Waals surface area contributed by atoms with Crippen LogP contribution in [0.2, 0.25) is 0 Å². The van der Waals surface area contributed by atoms with Gasteiger partial charge in [0.15, 0.2) is 0 Å². The summed E-state index contributed by atoms with van der Waals surface area (Å²) in [4.78, 5) is 0. The van der Waals surface area contributed by atoms with E-state index in [4.69, 9.17) is 13.2 Å². The van der Waals surface area contributed by atoms with Gasteiger partial charge in [-0.25, -0.2) is 0 Å². The summed E-state index contributed by atoms with van der Waals surface area (Å²) in [6.45, 7) is 51.1. The fraction of sp³-hybridized carbons (Fsp3) is 0.647. The SMILES string of the molecule is C=C(C)CC[C@H](C)C(=C)C[C@@H](CC(C)C)C(=C)C[C@@H](CCC)C(=C)C[C@@H](CC(C)C)[C@@H](C)CC(=C)C[C@H](C(=C)CCCc1ccccc1)C(C)C. The first-order valence-corrected chi connectivity index (χ1v) is 21.0. The zero-order chi connectivity index (χ0) is 38.7. The molecule has 0 aliphatic carbocycles. The molecule has 0 aromatic heterocycles. The van der Waals surface area contributed by atoms with Crippen molar-refractivity contribution < 1.29 is 0 Å². The van der Waals surface area contributed by atoms with E-state index in [2.05, 4.69) is 126 Å². The lowest BCUT2D eigenvalue weighted by Crippen LogP contribution is -2.20. The second kappa shape index (κ2) is 24.8. The molecule has 0 unspecified atom stereocenters. The Morgan fingerprint density at radius 1 is 0.608 bits per heavy atom. The Balaban J connectivity index is 2.96. The monoisotopic (exact) mass is 697 g/mol. The number of hydrogen-bond acceptors (Lipinski definition) is 0. The van der Waals surface area contributed by atoms with Gasteiger partial charge in [0.1, 0.15) is 0 Å². The first-order chi connectivity index (χ1) is 23.9. The molecule has 0 fully saturated rings. The lowest BCUT2D eigenvalue weighted by molar-refractivity contribution is 0.280. The van der Waals surface area contributed by atoms with Crippen LogP contribution in [0.25, 0.3) is 0 Å². The molecule has 288 valence electrons. The third kappa shape index (κ3) is 19.3. The van der Waals surface area contributed by atoms with Crippen LogP contribution in [0.1, 0.15) is 158 Å². The van der Waals surface area contributed by atoms with Crippen LogP contribution in [-0.4, -0.2) is 0 Å². The Bertz CT molecular complexity index is 1200. The van der Waals surface area contributed by atoms with Crippen molar-refractivity contribution in [3.63, 3.8) is 0 Å². The molecule has 0 heterocycles. The van der Waals surface area contributed by atoms with Crippen molar-refractivity contribution in [2.45, 2.75) is 159 Å². The fourth-order valence-electron chi connectivity index (χ4n) is 8.27. The maximum atomic E-state index is 4.83. The molecule has 1 aromatic carbocycles. The van der Waals surface area contributed by atoms with E-state index in [9.17, 15) is 0 Å². The zero-order valence-electron chi connectivity index (χ0n) is 35.7. The van der Waals surface area contributed by atoms with E-state index in [1.165, 1.54) is 71.1 Å². The first-order valence-electron chi connectivity index (χ1n) is 21.0. The minimum Gasteiger partial charge on any atom is -0.100 e. The van der Waals surface area contributed by atoms with Crippen LogP contribution in [0.5, 0.6) is 0 Å². The van der Waals surface area contributed by atoms with Gasteiger partial charge in [-0.1, -0.05) is 165 Å². The maximum Gasteiger partial charge on any atom is -0.0146 e. The number of benzene rings is 1. The molecule has 0 radical (unpaired) electrons. The molecule has 1 aromatic rings. The van der Waals surface area contributed by atoms with Crippen molar-refractivity contribution in [2.24, 2.45) is 53.3 Å². The quantitative estimate of drug-likeness (QED) is 0.0732. The molecule has 0 heteroatoms. The van der Waals surface area contributed by atoms with Crippen LogP contribution >= 0.6 is 0 Å². The van der Waals surface area contributed by atoms with E-state index >= 15 is 0 Å². The van der Waals surface area contributed by atoms with Gasteiger partial charge >= 0.3 is 0 Å². The lowest BCUT2D eigenvalue weighted by Gasteiger charge is -2.32. The Morgan fingerprint density at radius 3 is 1.75 bits per heavy atom. The summed E-state index contributed by atoms with van der Waals surface area (Å²) in [6, 6.07) is 10.9. The van der Waals surface area contributed by atoms with E-state index in [-0.39, 0.29) is 0 Å². The second-order valence-electron chi connectivity index (χ2n) is 18.2. The molecule has 0 saturated heterocycles. The molecule has 6 atom stereocenters. The maximum absolute atomic E-state index is 4.83. The van der Waals surface area contributed by atoms with Crippen LogP contribution in [0.15, 0.2) is 103 Å². The van der Waals surface area contributed by atoms with Crippen molar-refractivity contribution in [3.05, 3.63) is 109 Å². The van der Waals surface area contributed by atoms with Gasteiger partial charge in [-0.05, 0) is 149 Å². The molecule has 0 bridgehead atoms. The molecule has 0 saturated carbocycles. The Morgan fingerprint density at radius 2 is 1.20 bits per heavy atom. The average Bonchev–Trinajstić information content (AvgIpc) is 3.04. The highest BCUT2D eigenvalue weighted by molar-refractivity contribution is 5.17. The van der Waals surface area contributed by atoms with Crippen LogP contribution in [0.3, 0.4) is 0 Å². The molecule has 51 heavy (non-hydrogen) atoms. The van der Waals surface area contributed by atoms with E-state index in [1.807, 2.05) is 0 Å². The van der Waals surface area contributed by atoms with Gasteiger partial charge in [0.25, 0.3) is 0 Å². The van der Waals surface area contributed by atoms with Crippen molar-refractivity contribution in [2.75, 3.05) is 0 Å². The number of rotatable bonds is 29. The highest BCUT2D eigenvalue weighted by Crippen LogP contribution is 2.40. The van der Waals surface area contributed by atoms with Crippen molar-refractivity contribution in [3.8, 4) is 0 Å². The van der Waals surface area contributed by atoms with Gasteiger partial charge in [0, 0.05) is 0 Å². The number of allylic oxidation sites excluding steroid dienone is 6. The van der Waals surface area contributed by atoms with Gasteiger partial charge in [0.05, 0.1) is 0 Å². The molecule has 0 spiro atoms. The highest BCUT2D eigenvalue weighted by atomic mass is 14.3. The van der Waals surface area contributed by atoms with E-state index in [0.717, 1.165) is 57.8 Å².